The van der Waals surface area contributed by atoms with Gasteiger partial charge in [-0.25, -0.2) is 13.2 Å². The summed E-state index contributed by atoms with van der Waals surface area (Å²) in [4.78, 5) is 13.2. The Hall–Kier alpha value is -4.30. The summed E-state index contributed by atoms with van der Waals surface area (Å²) in [6.45, 7) is 1.91. The van der Waals surface area contributed by atoms with E-state index in [0.717, 1.165) is 0 Å². The van der Waals surface area contributed by atoms with Crippen LogP contribution in [0.1, 0.15) is 17.3 Å². The van der Waals surface area contributed by atoms with Crippen molar-refractivity contribution in [2.75, 3.05) is 18.4 Å². The highest BCUT2D eigenvalue weighted by molar-refractivity contribution is 7.92. The fourth-order valence-corrected chi connectivity index (χ4v) is 5.23. The van der Waals surface area contributed by atoms with E-state index in [1.54, 1.807) is 31.2 Å². The van der Waals surface area contributed by atoms with Gasteiger partial charge in [0.25, 0.3) is 10.0 Å². The molecule has 5 aromatic rings. The lowest BCUT2D eigenvalue weighted by atomic mass is 10.0. The molecule has 4 aromatic carbocycles. The summed E-state index contributed by atoms with van der Waals surface area (Å²) in [6, 6.07) is 24.3. The van der Waals surface area contributed by atoms with Crippen molar-refractivity contribution in [3.8, 4) is 17.1 Å². The van der Waals surface area contributed by atoms with Gasteiger partial charge in [0.15, 0.2) is 0 Å². The van der Waals surface area contributed by atoms with E-state index in [4.69, 9.17) is 13.9 Å². The van der Waals surface area contributed by atoms with Crippen LogP contribution >= 0.6 is 0 Å². The molecular formula is C28H23NO6S. The molecular weight excluding hydrogens is 478 g/mol. The Morgan fingerprint density at radius 1 is 0.889 bits per heavy atom. The highest BCUT2D eigenvalue weighted by atomic mass is 32.2. The van der Waals surface area contributed by atoms with Crippen LogP contribution in [0.4, 0.5) is 5.69 Å². The SMILES string of the molecule is CCOC(=O)c1c(-c2ccccc2)oc2c1cc(NS(=O)(=O)c1ccc(OC)cc1)c1ccccc12. The number of sulfonamides is 1. The second-order valence-corrected chi connectivity index (χ2v) is 9.70. The molecule has 1 heterocycles. The average Bonchev–Trinajstić information content (AvgIpc) is 3.29. The Morgan fingerprint density at radius 3 is 2.22 bits per heavy atom. The number of carbonyl (C=O) groups excluding carboxylic acids is 1. The number of rotatable bonds is 7. The number of carbonyl (C=O) groups is 1. The minimum absolute atomic E-state index is 0.0789. The summed E-state index contributed by atoms with van der Waals surface area (Å²) in [5.74, 6) is 0.366. The molecule has 0 bridgehead atoms. The molecule has 8 heteroatoms. The molecule has 0 saturated heterocycles. The Kier molecular flexibility index (Phi) is 6.12. The summed E-state index contributed by atoms with van der Waals surface area (Å²) in [5.41, 5.74) is 1.75. The van der Waals surface area contributed by atoms with Crippen LogP contribution in [0.15, 0.2) is 94.2 Å². The Labute approximate surface area is 208 Å². The molecule has 1 aromatic heterocycles. The molecule has 0 aliphatic carbocycles. The van der Waals surface area contributed by atoms with Crippen LogP contribution in [-0.4, -0.2) is 28.1 Å². The summed E-state index contributed by atoms with van der Waals surface area (Å²) in [7, 11) is -2.43. The molecule has 7 nitrogen and oxygen atoms in total. The number of hydrogen-bond donors (Lipinski definition) is 1. The lowest BCUT2D eigenvalue weighted by molar-refractivity contribution is 0.0528. The molecule has 36 heavy (non-hydrogen) atoms. The minimum Gasteiger partial charge on any atom is -0.497 e. The van der Waals surface area contributed by atoms with Crippen LogP contribution in [-0.2, 0) is 14.8 Å². The Bertz CT molecular complexity index is 1670. The third-order valence-corrected chi connectivity index (χ3v) is 7.21. The van der Waals surface area contributed by atoms with Gasteiger partial charge in [-0.2, -0.15) is 0 Å². The zero-order chi connectivity index (χ0) is 25.3. The maximum absolute atomic E-state index is 13.3. The number of ether oxygens (including phenoxy) is 2. The highest BCUT2D eigenvalue weighted by Gasteiger charge is 2.26. The van der Waals surface area contributed by atoms with Crippen molar-refractivity contribution < 1.29 is 27.1 Å². The second-order valence-electron chi connectivity index (χ2n) is 8.02. The molecule has 182 valence electrons. The Balaban J connectivity index is 1.74. The largest absolute Gasteiger partial charge is 0.497 e. The van der Waals surface area contributed by atoms with Gasteiger partial charge < -0.3 is 13.9 Å². The molecule has 0 amide bonds. The molecule has 0 saturated carbocycles. The number of fused-ring (bicyclic) bond motifs is 3. The average molecular weight is 502 g/mol. The van der Waals surface area contributed by atoms with Crippen molar-refractivity contribution in [1.29, 1.82) is 0 Å². The maximum atomic E-state index is 13.3. The predicted octanol–water partition coefficient (Wildman–Crippen LogP) is 6.24. The zero-order valence-corrected chi connectivity index (χ0v) is 20.5. The van der Waals surface area contributed by atoms with Gasteiger partial charge in [-0.3, -0.25) is 4.72 Å². The van der Waals surface area contributed by atoms with Gasteiger partial charge in [0.2, 0.25) is 0 Å². The van der Waals surface area contributed by atoms with E-state index >= 15 is 0 Å². The van der Waals surface area contributed by atoms with E-state index in [1.165, 1.54) is 19.2 Å². The summed E-state index contributed by atoms with van der Waals surface area (Å²) in [5, 5.41) is 1.75. The van der Waals surface area contributed by atoms with E-state index in [-0.39, 0.29) is 17.1 Å². The van der Waals surface area contributed by atoms with Crippen LogP contribution in [0.5, 0.6) is 5.75 Å². The number of esters is 1. The van der Waals surface area contributed by atoms with Crippen LogP contribution < -0.4 is 9.46 Å². The van der Waals surface area contributed by atoms with Crippen molar-refractivity contribution in [2.45, 2.75) is 11.8 Å². The number of hydrogen-bond acceptors (Lipinski definition) is 6. The lowest BCUT2D eigenvalue weighted by Gasteiger charge is -2.12. The zero-order valence-electron chi connectivity index (χ0n) is 19.6. The third kappa shape index (κ3) is 4.16. The molecule has 0 unspecified atom stereocenters. The molecule has 0 aliphatic rings. The predicted molar refractivity (Wildman–Crippen MR) is 139 cm³/mol. The first kappa shape index (κ1) is 23.4. The van der Waals surface area contributed by atoms with Crippen LogP contribution in [0.2, 0.25) is 0 Å². The van der Waals surface area contributed by atoms with Crippen molar-refractivity contribution >= 4 is 43.4 Å². The van der Waals surface area contributed by atoms with E-state index < -0.39 is 16.0 Å². The highest BCUT2D eigenvalue weighted by Crippen LogP contribution is 2.41. The standard InChI is InChI=1S/C28H23NO6S/c1-3-34-28(30)25-23-17-24(29-36(31,32)20-15-13-19(33-2)14-16-20)21-11-7-8-12-22(21)27(23)35-26(25)18-9-5-4-6-10-18/h4-17,29H,3H2,1-2H3. The third-order valence-electron chi connectivity index (χ3n) is 5.83. The van der Waals surface area contributed by atoms with E-state index in [1.807, 2.05) is 48.5 Å². The minimum atomic E-state index is -3.94. The summed E-state index contributed by atoms with van der Waals surface area (Å²) in [6.07, 6.45) is 0. The summed E-state index contributed by atoms with van der Waals surface area (Å²) < 4.78 is 46.0. The van der Waals surface area contributed by atoms with Gasteiger partial charge in [0, 0.05) is 21.7 Å². The molecule has 5 rings (SSSR count). The normalized spacial score (nSPS) is 11.5. The quantitative estimate of drug-likeness (QED) is 0.265. The number of nitrogens with one attached hydrogen (secondary N) is 1. The summed E-state index contributed by atoms with van der Waals surface area (Å²) >= 11 is 0. The fraction of sp³-hybridized carbons (Fsp3) is 0.107. The monoisotopic (exact) mass is 501 g/mol. The van der Waals surface area contributed by atoms with Crippen LogP contribution in [0.25, 0.3) is 33.1 Å². The van der Waals surface area contributed by atoms with Gasteiger partial charge in [-0.15, -0.1) is 0 Å². The number of benzene rings is 4. The maximum Gasteiger partial charge on any atom is 0.342 e. The smallest absolute Gasteiger partial charge is 0.342 e. The van der Waals surface area contributed by atoms with Crippen molar-refractivity contribution in [3.63, 3.8) is 0 Å². The van der Waals surface area contributed by atoms with E-state index in [9.17, 15) is 13.2 Å². The van der Waals surface area contributed by atoms with E-state index in [2.05, 4.69) is 4.72 Å². The molecule has 0 spiro atoms. The van der Waals surface area contributed by atoms with Gasteiger partial charge in [0.05, 0.1) is 24.3 Å². The molecule has 0 aliphatic heterocycles. The Morgan fingerprint density at radius 2 is 1.56 bits per heavy atom. The molecule has 0 radical (unpaired) electrons. The topological polar surface area (TPSA) is 94.8 Å². The lowest BCUT2D eigenvalue weighted by Crippen LogP contribution is -2.13. The van der Waals surface area contributed by atoms with Gasteiger partial charge in [-0.05, 0) is 37.3 Å². The first-order valence-electron chi connectivity index (χ1n) is 11.3. The fourth-order valence-electron chi connectivity index (χ4n) is 4.16. The van der Waals surface area contributed by atoms with Crippen LogP contribution in [0.3, 0.4) is 0 Å². The van der Waals surface area contributed by atoms with Gasteiger partial charge in [-0.1, -0.05) is 54.6 Å². The number of methoxy groups -OCH3 is 1. The number of anilines is 1. The molecule has 0 fully saturated rings. The second kappa shape index (κ2) is 9.39. The first-order valence-corrected chi connectivity index (χ1v) is 12.8. The first-order chi connectivity index (χ1) is 17.4. The van der Waals surface area contributed by atoms with Crippen LogP contribution in [0, 0.1) is 0 Å². The van der Waals surface area contributed by atoms with E-state index in [0.29, 0.717) is 44.5 Å². The van der Waals surface area contributed by atoms with Crippen molar-refractivity contribution in [1.82, 2.24) is 0 Å². The number of furan rings is 1. The van der Waals surface area contributed by atoms with Gasteiger partial charge in [0.1, 0.15) is 22.7 Å². The molecule has 1 N–H and O–H groups in total. The van der Waals surface area contributed by atoms with Crippen molar-refractivity contribution in [3.05, 3.63) is 90.5 Å². The van der Waals surface area contributed by atoms with Crippen molar-refractivity contribution in [2.24, 2.45) is 0 Å². The van der Waals surface area contributed by atoms with Gasteiger partial charge >= 0.3 is 5.97 Å². The molecule has 0 atom stereocenters.